The third-order valence-corrected chi connectivity index (χ3v) is 11.1. The number of carboxylic acid groups (broad SMARTS) is 1. The average molecular weight is 510 g/mol. The van der Waals surface area contributed by atoms with Crippen LogP contribution in [0.3, 0.4) is 0 Å². The van der Waals surface area contributed by atoms with Crippen LogP contribution in [0.1, 0.15) is 33.6 Å². The van der Waals surface area contributed by atoms with Crippen molar-refractivity contribution in [3.8, 4) is 0 Å². The minimum absolute atomic E-state index is 0.0478. The molecule has 0 spiro atoms. The highest BCUT2D eigenvalue weighted by molar-refractivity contribution is 9.09. The minimum atomic E-state index is -2.74. The summed E-state index contributed by atoms with van der Waals surface area (Å²) >= 11 is 3.61. The average Bonchev–Trinajstić information content (AvgIpc) is 2.74. The number of alkyl halides is 1. The normalized spacial score (nSPS) is 14.2. The van der Waals surface area contributed by atoms with E-state index in [-0.39, 0.29) is 24.4 Å². The molecule has 0 radical (unpaired) electrons. The van der Waals surface area contributed by atoms with Gasteiger partial charge in [0.25, 0.3) is 8.32 Å². The van der Waals surface area contributed by atoms with E-state index in [4.69, 9.17) is 13.9 Å². The Kier molecular flexibility index (Phi) is 9.90. The molecule has 2 aromatic rings. The van der Waals surface area contributed by atoms with Gasteiger partial charge in [-0.1, -0.05) is 97.4 Å². The monoisotopic (exact) mass is 508 g/mol. The summed E-state index contributed by atoms with van der Waals surface area (Å²) in [5.41, 5.74) is 0. The Bertz CT molecular complexity index is 755. The first-order valence-electron chi connectivity index (χ1n) is 10.4. The lowest BCUT2D eigenvalue weighted by Gasteiger charge is -2.45. The summed E-state index contributed by atoms with van der Waals surface area (Å²) in [6.07, 6.45) is -0.381. The van der Waals surface area contributed by atoms with Crippen LogP contribution in [0.5, 0.6) is 0 Å². The molecule has 0 aliphatic heterocycles. The molecule has 7 heteroatoms. The van der Waals surface area contributed by atoms with Gasteiger partial charge in [-0.15, -0.1) is 0 Å². The maximum atomic E-state index is 11.4. The fourth-order valence-electron chi connectivity index (χ4n) is 3.95. The lowest BCUT2D eigenvalue weighted by Crippen LogP contribution is -2.68. The van der Waals surface area contributed by atoms with Gasteiger partial charge in [-0.2, -0.15) is 0 Å². The molecule has 1 N–H and O–H groups in total. The van der Waals surface area contributed by atoms with Gasteiger partial charge >= 0.3 is 5.97 Å². The Hall–Kier alpha value is -1.51. The Morgan fingerprint density at radius 2 is 1.52 bits per heavy atom. The predicted octanol–water partition coefficient (Wildman–Crippen LogP) is 4.18. The largest absolute Gasteiger partial charge is 0.481 e. The Labute approximate surface area is 195 Å². The second-order valence-electron chi connectivity index (χ2n) is 8.59. The van der Waals surface area contributed by atoms with Crippen molar-refractivity contribution < 1.29 is 23.8 Å². The molecule has 0 amide bonds. The molecule has 0 bridgehead atoms. The molecule has 2 aromatic carbocycles. The summed E-state index contributed by atoms with van der Waals surface area (Å²) in [5.74, 6) is -0.903. The second kappa shape index (κ2) is 11.9. The fraction of sp³-hybridized carbons (Fsp3) is 0.458. The van der Waals surface area contributed by atoms with E-state index in [9.17, 15) is 9.90 Å². The topological polar surface area (TPSA) is 65.0 Å². The first-order chi connectivity index (χ1) is 14.7. The van der Waals surface area contributed by atoms with E-state index in [1.54, 1.807) is 0 Å². The number of halogens is 1. The van der Waals surface area contributed by atoms with Crippen LogP contribution >= 0.6 is 15.9 Å². The molecule has 0 aromatic heterocycles. The van der Waals surface area contributed by atoms with Gasteiger partial charge in [0.05, 0.1) is 18.6 Å². The van der Waals surface area contributed by atoms with Crippen molar-refractivity contribution in [1.82, 2.24) is 0 Å². The Balaban J connectivity index is 2.49. The first-order valence-corrected chi connectivity index (χ1v) is 13.4. The molecule has 0 saturated carbocycles. The highest BCUT2D eigenvalue weighted by Gasteiger charge is 2.51. The van der Waals surface area contributed by atoms with E-state index >= 15 is 0 Å². The van der Waals surface area contributed by atoms with Gasteiger partial charge in [-0.3, -0.25) is 4.79 Å². The van der Waals surface area contributed by atoms with Gasteiger partial charge < -0.3 is 19.0 Å². The minimum Gasteiger partial charge on any atom is -0.481 e. The summed E-state index contributed by atoms with van der Waals surface area (Å²) in [6, 6.07) is 20.8. The Morgan fingerprint density at radius 3 is 1.90 bits per heavy atom. The van der Waals surface area contributed by atoms with Gasteiger partial charge in [0.1, 0.15) is 6.79 Å². The number of ether oxygens (including phenoxy) is 2. The molecule has 0 aliphatic carbocycles. The van der Waals surface area contributed by atoms with Crippen LogP contribution in [0.4, 0.5) is 0 Å². The number of aliphatic carboxylic acids is 1. The third kappa shape index (κ3) is 6.73. The molecule has 0 unspecified atom stereocenters. The molecule has 5 nitrogen and oxygen atoms in total. The summed E-state index contributed by atoms with van der Waals surface area (Å²) in [6.45, 7) is 6.72. The van der Waals surface area contributed by atoms with E-state index in [0.29, 0.717) is 11.8 Å². The van der Waals surface area contributed by atoms with E-state index in [1.807, 2.05) is 36.4 Å². The van der Waals surface area contributed by atoms with Crippen LogP contribution in [-0.2, 0) is 18.7 Å². The zero-order valence-corrected chi connectivity index (χ0v) is 21.3. The van der Waals surface area contributed by atoms with Crippen LogP contribution in [0, 0.1) is 0 Å². The van der Waals surface area contributed by atoms with Gasteiger partial charge in [0, 0.05) is 18.9 Å². The molecule has 2 atom stereocenters. The third-order valence-electron chi connectivity index (χ3n) is 5.28. The van der Waals surface area contributed by atoms with Crippen molar-refractivity contribution in [2.45, 2.75) is 50.9 Å². The summed E-state index contributed by atoms with van der Waals surface area (Å²) in [5, 5.41) is 12.1. The van der Waals surface area contributed by atoms with Crippen molar-refractivity contribution in [2.75, 3.05) is 19.2 Å². The molecule has 0 heterocycles. The number of hydrogen-bond donors (Lipinski definition) is 1. The van der Waals surface area contributed by atoms with Gasteiger partial charge in [0.15, 0.2) is 0 Å². The molecule has 2 rings (SSSR count). The maximum Gasteiger partial charge on any atom is 0.305 e. The zero-order valence-electron chi connectivity index (χ0n) is 18.7. The lowest BCUT2D eigenvalue weighted by atomic mass is 10.1. The molecule has 0 saturated heterocycles. The van der Waals surface area contributed by atoms with Crippen molar-refractivity contribution in [1.29, 1.82) is 0 Å². The highest BCUT2D eigenvalue weighted by atomic mass is 79.9. The van der Waals surface area contributed by atoms with E-state index in [1.165, 1.54) is 17.5 Å². The number of methoxy groups -OCH3 is 1. The van der Waals surface area contributed by atoms with Crippen LogP contribution < -0.4 is 10.4 Å². The molecule has 170 valence electrons. The lowest BCUT2D eigenvalue weighted by molar-refractivity contribution is -0.144. The van der Waals surface area contributed by atoms with Crippen molar-refractivity contribution in [3.05, 3.63) is 60.7 Å². The second-order valence-corrected chi connectivity index (χ2v) is 13.5. The number of hydrogen-bond acceptors (Lipinski definition) is 4. The maximum absolute atomic E-state index is 11.4. The molecule has 31 heavy (non-hydrogen) atoms. The van der Waals surface area contributed by atoms with Crippen molar-refractivity contribution >= 4 is 40.6 Å². The number of rotatable bonds is 12. The van der Waals surface area contributed by atoms with Crippen molar-refractivity contribution in [2.24, 2.45) is 0 Å². The molecule has 0 aliphatic rings. The van der Waals surface area contributed by atoms with Crippen LogP contribution in [0.2, 0.25) is 5.04 Å². The standard InChI is InChI=1S/C24H33BrO5Si/c1-24(2,3)31(21-11-7-5-8-12-21,22-13-9-6-10-14-22)30-20(17-25)15-19(16-23(26)27)29-18-28-4/h5-14,19-20H,15-18H2,1-4H3,(H,26,27)/t19-,20+/m1/s1. The summed E-state index contributed by atoms with van der Waals surface area (Å²) in [4.78, 5) is 11.4. The number of carboxylic acids is 1. The van der Waals surface area contributed by atoms with E-state index in [0.717, 1.165) is 0 Å². The number of benzene rings is 2. The SMILES string of the molecule is COCO[C@@H](CC(=O)O)C[C@@H](CBr)O[Si](c1ccccc1)(c1ccccc1)C(C)(C)C. The smallest absolute Gasteiger partial charge is 0.305 e. The molecular formula is C24H33BrO5Si. The molecular weight excluding hydrogens is 476 g/mol. The fourth-order valence-corrected chi connectivity index (χ4v) is 9.28. The van der Waals surface area contributed by atoms with Gasteiger partial charge in [-0.25, -0.2) is 0 Å². The quantitative estimate of drug-likeness (QED) is 0.264. The van der Waals surface area contributed by atoms with Crippen LogP contribution in [0.15, 0.2) is 60.7 Å². The van der Waals surface area contributed by atoms with Gasteiger partial charge in [0.2, 0.25) is 0 Å². The predicted molar refractivity (Wildman–Crippen MR) is 130 cm³/mol. The van der Waals surface area contributed by atoms with Gasteiger partial charge in [-0.05, 0) is 15.4 Å². The zero-order chi connectivity index (χ0) is 22.9. The Morgan fingerprint density at radius 1 is 1.00 bits per heavy atom. The highest BCUT2D eigenvalue weighted by Crippen LogP contribution is 2.38. The molecule has 0 fully saturated rings. The summed E-state index contributed by atoms with van der Waals surface area (Å²) < 4.78 is 17.8. The van der Waals surface area contributed by atoms with E-state index in [2.05, 4.69) is 61.0 Å². The van der Waals surface area contributed by atoms with Crippen LogP contribution in [-0.4, -0.2) is 50.8 Å². The summed E-state index contributed by atoms with van der Waals surface area (Å²) in [7, 11) is -1.21. The van der Waals surface area contributed by atoms with Crippen molar-refractivity contribution in [3.63, 3.8) is 0 Å². The van der Waals surface area contributed by atoms with Crippen LogP contribution in [0.25, 0.3) is 0 Å². The van der Waals surface area contributed by atoms with E-state index < -0.39 is 20.4 Å². The number of carbonyl (C=O) groups is 1. The first kappa shape index (κ1) is 25.7.